The van der Waals surface area contributed by atoms with Crippen LogP contribution in [-0.4, -0.2) is 132 Å². The van der Waals surface area contributed by atoms with E-state index in [4.69, 9.17) is 20.9 Å². The van der Waals surface area contributed by atoms with Crippen molar-refractivity contribution < 1.29 is 38.2 Å². The molecular weight excluding hydrogens is 933 g/mol. The van der Waals surface area contributed by atoms with E-state index in [-0.39, 0.29) is 73.1 Å². The second-order valence-corrected chi connectivity index (χ2v) is 22.4. The van der Waals surface area contributed by atoms with Crippen molar-refractivity contribution in [2.45, 2.75) is 102 Å². The molecule has 4 saturated heterocycles. The molecule has 0 aliphatic carbocycles. The largest absolute Gasteiger partial charge is 0.376 e. The zero-order valence-electron chi connectivity index (χ0n) is 44.4. The van der Waals surface area contributed by atoms with Crippen LogP contribution in [0.3, 0.4) is 0 Å². The van der Waals surface area contributed by atoms with E-state index in [1.807, 2.05) is 111 Å². The smallest absolute Gasteiger partial charge is 0.231 e. The number of carbonyl (C=O) groups excluding carboxylic acids is 6. The lowest BCUT2D eigenvalue weighted by Gasteiger charge is -2.43. The molecule has 4 fully saturated rings. The molecule has 8 rings (SSSR count). The van der Waals surface area contributed by atoms with Gasteiger partial charge >= 0.3 is 0 Å². The SMILES string of the molecule is CN1C[C@@H](c2ccccc2)[C@@]2(CCCN(C(=O)[C@@H](COCc3ccccc3)CC(=O)C(C)(C)N)C2)C1=O.CN1C[C@H](c2ccccc2)[C@]2(CCCN(C(=O)[C@@H](COCc3ccccc3)CC(=O)C(C)(C)N)C2)C1=O. The second-order valence-electron chi connectivity index (χ2n) is 22.4. The minimum Gasteiger partial charge on any atom is -0.376 e. The molecule has 4 aromatic carbocycles. The van der Waals surface area contributed by atoms with Gasteiger partial charge in [0.25, 0.3) is 0 Å². The van der Waals surface area contributed by atoms with Gasteiger partial charge in [0.15, 0.2) is 11.6 Å². The van der Waals surface area contributed by atoms with Crippen molar-refractivity contribution in [3.05, 3.63) is 144 Å². The number of hydrogen-bond acceptors (Lipinski definition) is 10. The third-order valence-electron chi connectivity index (χ3n) is 15.7. The van der Waals surface area contributed by atoms with Gasteiger partial charge in [-0.25, -0.2) is 0 Å². The lowest BCUT2D eigenvalue weighted by Crippen LogP contribution is -2.53. The van der Waals surface area contributed by atoms with Crippen LogP contribution < -0.4 is 11.5 Å². The van der Waals surface area contributed by atoms with Crippen LogP contribution in [0.1, 0.15) is 100 Å². The topological polar surface area (TPSA) is 186 Å². The second kappa shape index (κ2) is 24.1. The highest BCUT2D eigenvalue weighted by Gasteiger charge is 2.57. The molecule has 4 amide bonds. The Labute approximate surface area is 438 Å². The van der Waals surface area contributed by atoms with Crippen molar-refractivity contribution in [3.8, 4) is 0 Å². The molecule has 0 aromatic heterocycles. The number of likely N-dealkylation sites (tertiary alicyclic amines) is 4. The van der Waals surface area contributed by atoms with Gasteiger partial charge in [-0.2, -0.15) is 0 Å². The van der Waals surface area contributed by atoms with Gasteiger partial charge in [-0.05, 0) is 75.6 Å². The van der Waals surface area contributed by atoms with E-state index in [2.05, 4.69) is 24.3 Å². The standard InChI is InChI=1S/2C30H39N3O4/c2*1-29(2,31)26(34)17-24(20-37-19-22-11-6-4-7-12-22)27(35)33-16-10-15-30(21-33)25(18-32(3)28(30)36)23-13-8-5-9-14-23/h2*4-9,11-14,24-25H,10,15-21,31H2,1-3H3/t24-,25+,30+;24-,25-,30-/m11/s1. The number of nitrogens with zero attached hydrogens (tertiary/aromatic N) is 4. The van der Waals surface area contributed by atoms with Crippen molar-refractivity contribution in [1.29, 1.82) is 0 Å². The minimum atomic E-state index is -1.04. The maximum atomic E-state index is 13.9. The van der Waals surface area contributed by atoms with Crippen molar-refractivity contribution in [3.63, 3.8) is 0 Å². The Hall–Kier alpha value is -6.06. The molecule has 0 bridgehead atoms. The van der Waals surface area contributed by atoms with Gasteiger partial charge in [0.05, 0.1) is 60.2 Å². The summed E-state index contributed by atoms with van der Waals surface area (Å²) in [5.41, 5.74) is 13.0. The number of rotatable bonds is 18. The minimum absolute atomic E-state index is 0.0105. The number of benzene rings is 4. The number of carbonyl (C=O) groups is 6. The first kappa shape index (κ1) is 55.7. The van der Waals surface area contributed by atoms with Crippen molar-refractivity contribution in [2.75, 3.05) is 66.6 Å². The fourth-order valence-electron chi connectivity index (χ4n) is 11.5. The molecular formula is C60H78N6O8. The number of ketones is 2. The van der Waals surface area contributed by atoms with Gasteiger partial charge in [0.2, 0.25) is 23.6 Å². The number of likely N-dealkylation sites (N-methyl/N-ethyl adjacent to an activating group) is 2. The Morgan fingerprint density at radius 1 is 0.554 bits per heavy atom. The molecule has 4 aromatic rings. The molecule has 0 saturated carbocycles. The summed E-state index contributed by atoms with van der Waals surface area (Å²) < 4.78 is 11.9. The Morgan fingerprint density at radius 2 is 0.878 bits per heavy atom. The number of piperidine rings is 2. The third kappa shape index (κ3) is 13.1. The fourth-order valence-corrected chi connectivity index (χ4v) is 11.5. The van der Waals surface area contributed by atoms with Crippen LogP contribution in [-0.2, 0) is 51.5 Å². The summed E-state index contributed by atoms with van der Waals surface area (Å²) in [5.74, 6) is -1.74. The summed E-state index contributed by atoms with van der Waals surface area (Å²) in [7, 11) is 3.69. The van der Waals surface area contributed by atoms with Crippen LogP contribution in [0.25, 0.3) is 0 Å². The lowest BCUT2D eigenvalue weighted by atomic mass is 9.69. The van der Waals surface area contributed by atoms with Crippen LogP contribution in [0.4, 0.5) is 0 Å². The highest BCUT2D eigenvalue weighted by molar-refractivity contribution is 5.94. The van der Waals surface area contributed by atoms with Crippen LogP contribution in [0, 0.1) is 22.7 Å². The average molecular weight is 1010 g/mol. The van der Waals surface area contributed by atoms with Gasteiger partial charge in [-0.1, -0.05) is 121 Å². The first-order valence-corrected chi connectivity index (χ1v) is 26.3. The first-order valence-electron chi connectivity index (χ1n) is 26.3. The number of amides is 4. The van der Waals surface area contributed by atoms with E-state index in [1.165, 1.54) is 0 Å². The van der Waals surface area contributed by atoms with Crippen molar-refractivity contribution >= 4 is 35.2 Å². The molecule has 6 atom stereocenters. The zero-order valence-corrected chi connectivity index (χ0v) is 44.4. The maximum Gasteiger partial charge on any atom is 0.231 e. The highest BCUT2D eigenvalue weighted by atomic mass is 16.5. The van der Waals surface area contributed by atoms with Gasteiger partial charge < -0.3 is 40.5 Å². The van der Waals surface area contributed by atoms with Gasteiger partial charge in [0.1, 0.15) is 0 Å². The van der Waals surface area contributed by atoms with Crippen LogP contribution in [0.5, 0.6) is 0 Å². The van der Waals surface area contributed by atoms with Crippen molar-refractivity contribution in [2.24, 2.45) is 34.1 Å². The van der Waals surface area contributed by atoms with Crippen LogP contribution in [0.2, 0.25) is 0 Å². The van der Waals surface area contributed by atoms with Gasteiger partial charge in [-0.3, -0.25) is 28.8 Å². The van der Waals surface area contributed by atoms with E-state index < -0.39 is 33.7 Å². The Balaban J connectivity index is 0.000000216. The molecule has 4 aliphatic rings. The van der Waals surface area contributed by atoms with Gasteiger partial charge in [0, 0.05) is 78.0 Å². The zero-order chi connectivity index (χ0) is 53.3. The van der Waals surface area contributed by atoms with Crippen molar-refractivity contribution in [1.82, 2.24) is 19.6 Å². The normalized spacial score (nSPS) is 22.9. The monoisotopic (exact) mass is 1010 g/mol. The third-order valence-corrected chi connectivity index (χ3v) is 15.7. The van der Waals surface area contributed by atoms with E-state index in [1.54, 1.807) is 47.3 Å². The quantitative estimate of drug-likeness (QED) is 0.108. The van der Waals surface area contributed by atoms with E-state index in [0.717, 1.165) is 47.9 Å². The lowest BCUT2D eigenvalue weighted by molar-refractivity contribution is -0.149. The van der Waals surface area contributed by atoms with E-state index in [0.29, 0.717) is 52.5 Å². The predicted molar refractivity (Wildman–Crippen MR) is 285 cm³/mol. The molecule has 2 spiro atoms. The highest BCUT2D eigenvalue weighted by Crippen LogP contribution is 2.51. The fraction of sp³-hybridized carbons (Fsp3) is 0.500. The molecule has 74 heavy (non-hydrogen) atoms. The summed E-state index contributed by atoms with van der Waals surface area (Å²) in [4.78, 5) is 87.8. The molecule has 0 unspecified atom stereocenters. The molecule has 0 radical (unpaired) electrons. The Morgan fingerprint density at radius 3 is 1.20 bits per heavy atom. The average Bonchev–Trinajstić information content (AvgIpc) is 3.77. The molecule has 4 N–H and O–H groups in total. The summed E-state index contributed by atoms with van der Waals surface area (Å²) in [6.07, 6.45) is 2.98. The Bertz CT molecular complexity index is 2370. The summed E-state index contributed by atoms with van der Waals surface area (Å²) in [6.45, 7) is 10.7. The number of ether oxygens (including phenoxy) is 2. The summed E-state index contributed by atoms with van der Waals surface area (Å²) in [5, 5.41) is 0. The molecule has 14 heteroatoms. The number of hydrogen-bond donors (Lipinski definition) is 2. The van der Waals surface area contributed by atoms with E-state index >= 15 is 0 Å². The van der Waals surface area contributed by atoms with Crippen LogP contribution >= 0.6 is 0 Å². The molecule has 14 nitrogen and oxygen atoms in total. The molecule has 4 heterocycles. The predicted octanol–water partition coefficient (Wildman–Crippen LogP) is 6.76. The van der Waals surface area contributed by atoms with E-state index in [9.17, 15) is 28.8 Å². The molecule has 4 aliphatic heterocycles. The number of Topliss-reactive ketones (excluding diaryl/α,β-unsaturated/α-hetero) is 2. The maximum absolute atomic E-state index is 13.9. The Kier molecular flexibility index (Phi) is 18.1. The summed E-state index contributed by atoms with van der Waals surface area (Å²) >= 11 is 0. The first-order chi connectivity index (χ1) is 35.2. The molecule has 396 valence electrons. The van der Waals surface area contributed by atoms with Crippen LogP contribution in [0.15, 0.2) is 121 Å². The number of nitrogens with two attached hydrogens (primary N) is 2. The summed E-state index contributed by atoms with van der Waals surface area (Å²) in [6, 6.07) is 39.7. The van der Waals surface area contributed by atoms with Gasteiger partial charge in [-0.15, -0.1) is 0 Å².